The van der Waals surface area contributed by atoms with Gasteiger partial charge >= 0.3 is 0 Å². The molecule has 0 aliphatic carbocycles. The van der Waals surface area contributed by atoms with Crippen molar-refractivity contribution in [3.63, 3.8) is 0 Å². The van der Waals surface area contributed by atoms with E-state index in [4.69, 9.17) is 0 Å². The molecule has 84 valence electrons. The summed E-state index contributed by atoms with van der Waals surface area (Å²) in [5, 5.41) is 5.87. The zero-order valence-electron chi connectivity index (χ0n) is 9.61. The standard InChI is InChI=1S/C10H18N4O/c1-7(2)12-9(15)8(3)13-10-11-5-6-14(10)4/h5-8H,1-4H3,(H,11,13)(H,12,15). The van der Waals surface area contributed by atoms with Crippen LogP contribution in [0.3, 0.4) is 0 Å². The van der Waals surface area contributed by atoms with E-state index < -0.39 is 0 Å². The van der Waals surface area contributed by atoms with Gasteiger partial charge in [0.25, 0.3) is 0 Å². The van der Waals surface area contributed by atoms with Crippen LogP contribution >= 0.6 is 0 Å². The molecule has 0 aliphatic rings. The maximum absolute atomic E-state index is 11.6. The van der Waals surface area contributed by atoms with Crippen LogP contribution in [0, 0.1) is 0 Å². The van der Waals surface area contributed by atoms with Crippen molar-refractivity contribution in [3.8, 4) is 0 Å². The zero-order valence-corrected chi connectivity index (χ0v) is 9.61. The Hall–Kier alpha value is -1.52. The number of imidazole rings is 1. The molecule has 0 radical (unpaired) electrons. The molecule has 5 heteroatoms. The Balaban J connectivity index is 2.52. The number of carbonyl (C=O) groups is 1. The van der Waals surface area contributed by atoms with E-state index in [1.807, 2.05) is 38.6 Å². The average molecular weight is 210 g/mol. The van der Waals surface area contributed by atoms with Gasteiger partial charge in [-0.05, 0) is 20.8 Å². The predicted molar refractivity (Wildman–Crippen MR) is 59.6 cm³/mol. The first-order chi connectivity index (χ1) is 7.00. The number of hydrogen-bond acceptors (Lipinski definition) is 3. The molecule has 0 spiro atoms. The number of hydrogen-bond donors (Lipinski definition) is 2. The highest BCUT2D eigenvalue weighted by Gasteiger charge is 2.14. The molecule has 1 unspecified atom stereocenters. The predicted octanol–water partition coefficient (Wildman–Crippen LogP) is 0.745. The van der Waals surface area contributed by atoms with Crippen molar-refractivity contribution in [3.05, 3.63) is 12.4 Å². The van der Waals surface area contributed by atoms with Gasteiger partial charge in [0.1, 0.15) is 6.04 Å². The Morgan fingerprint density at radius 2 is 2.13 bits per heavy atom. The van der Waals surface area contributed by atoms with E-state index in [2.05, 4.69) is 15.6 Å². The molecule has 2 N–H and O–H groups in total. The number of nitrogens with one attached hydrogen (secondary N) is 2. The molecule has 0 fully saturated rings. The van der Waals surface area contributed by atoms with Gasteiger partial charge in [0, 0.05) is 25.5 Å². The van der Waals surface area contributed by atoms with Crippen molar-refractivity contribution in [2.45, 2.75) is 32.9 Å². The lowest BCUT2D eigenvalue weighted by Gasteiger charge is -2.16. The van der Waals surface area contributed by atoms with Gasteiger partial charge in [-0.1, -0.05) is 0 Å². The summed E-state index contributed by atoms with van der Waals surface area (Å²) in [7, 11) is 1.88. The monoisotopic (exact) mass is 210 g/mol. The summed E-state index contributed by atoms with van der Waals surface area (Å²) in [6.45, 7) is 5.68. The van der Waals surface area contributed by atoms with Gasteiger partial charge in [0.2, 0.25) is 11.9 Å². The van der Waals surface area contributed by atoms with E-state index in [0.29, 0.717) is 5.95 Å². The summed E-state index contributed by atoms with van der Waals surface area (Å²) in [5.41, 5.74) is 0. The van der Waals surface area contributed by atoms with E-state index >= 15 is 0 Å². The Bertz CT molecular complexity index is 332. The van der Waals surface area contributed by atoms with E-state index in [1.54, 1.807) is 6.20 Å². The fraction of sp³-hybridized carbons (Fsp3) is 0.600. The molecule has 1 rings (SSSR count). The van der Waals surface area contributed by atoms with Gasteiger partial charge in [-0.25, -0.2) is 4.98 Å². The SMILES string of the molecule is CC(C)NC(=O)C(C)Nc1nccn1C. The van der Waals surface area contributed by atoms with Crippen molar-refractivity contribution in [2.75, 3.05) is 5.32 Å². The topological polar surface area (TPSA) is 59.0 Å². The lowest BCUT2D eigenvalue weighted by atomic mass is 10.3. The first-order valence-corrected chi connectivity index (χ1v) is 5.05. The van der Waals surface area contributed by atoms with Crippen LogP contribution in [0.15, 0.2) is 12.4 Å². The first-order valence-electron chi connectivity index (χ1n) is 5.05. The second-order valence-corrected chi connectivity index (χ2v) is 3.89. The normalized spacial score (nSPS) is 12.6. The minimum Gasteiger partial charge on any atom is -0.352 e. The molecular formula is C10H18N4O. The van der Waals surface area contributed by atoms with Crippen molar-refractivity contribution < 1.29 is 4.79 Å². The molecule has 0 aromatic carbocycles. The molecule has 1 heterocycles. The second kappa shape index (κ2) is 4.82. The van der Waals surface area contributed by atoms with Gasteiger partial charge in [0.15, 0.2) is 0 Å². The lowest BCUT2D eigenvalue weighted by molar-refractivity contribution is -0.122. The van der Waals surface area contributed by atoms with Crippen molar-refractivity contribution >= 4 is 11.9 Å². The molecule has 1 aromatic rings. The Labute approximate surface area is 89.9 Å². The first kappa shape index (κ1) is 11.6. The summed E-state index contributed by atoms with van der Waals surface area (Å²) >= 11 is 0. The van der Waals surface area contributed by atoms with Crippen molar-refractivity contribution in [1.82, 2.24) is 14.9 Å². The fourth-order valence-corrected chi connectivity index (χ4v) is 1.17. The van der Waals surface area contributed by atoms with E-state index in [-0.39, 0.29) is 18.0 Å². The van der Waals surface area contributed by atoms with Gasteiger partial charge in [-0.3, -0.25) is 4.79 Å². The van der Waals surface area contributed by atoms with Gasteiger partial charge < -0.3 is 15.2 Å². The minimum absolute atomic E-state index is 0.0204. The molecule has 0 aliphatic heterocycles. The van der Waals surface area contributed by atoms with Gasteiger partial charge in [0.05, 0.1) is 0 Å². The Morgan fingerprint density at radius 3 is 2.60 bits per heavy atom. The maximum atomic E-state index is 11.6. The van der Waals surface area contributed by atoms with Crippen LogP contribution in [0.4, 0.5) is 5.95 Å². The number of anilines is 1. The van der Waals surface area contributed by atoms with Crippen LogP contribution in [-0.2, 0) is 11.8 Å². The molecular weight excluding hydrogens is 192 g/mol. The third-order valence-electron chi connectivity index (χ3n) is 1.99. The number of rotatable bonds is 4. The lowest BCUT2D eigenvalue weighted by Crippen LogP contribution is -2.41. The highest BCUT2D eigenvalue weighted by Crippen LogP contribution is 2.03. The minimum atomic E-state index is -0.284. The van der Waals surface area contributed by atoms with Crippen LogP contribution < -0.4 is 10.6 Å². The van der Waals surface area contributed by atoms with E-state index in [1.165, 1.54) is 0 Å². The number of aryl methyl sites for hydroxylation is 1. The molecule has 5 nitrogen and oxygen atoms in total. The molecule has 0 bridgehead atoms. The van der Waals surface area contributed by atoms with Crippen LogP contribution in [-0.4, -0.2) is 27.5 Å². The third-order valence-corrected chi connectivity index (χ3v) is 1.99. The molecule has 15 heavy (non-hydrogen) atoms. The second-order valence-electron chi connectivity index (χ2n) is 3.89. The smallest absolute Gasteiger partial charge is 0.242 e. The molecule has 0 saturated carbocycles. The van der Waals surface area contributed by atoms with E-state index in [0.717, 1.165) is 0 Å². The van der Waals surface area contributed by atoms with Crippen molar-refractivity contribution in [2.24, 2.45) is 7.05 Å². The van der Waals surface area contributed by atoms with Crippen molar-refractivity contribution in [1.29, 1.82) is 0 Å². The van der Waals surface area contributed by atoms with Crippen LogP contribution in [0.25, 0.3) is 0 Å². The Morgan fingerprint density at radius 1 is 1.47 bits per heavy atom. The van der Waals surface area contributed by atoms with Crippen LogP contribution in [0.1, 0.15) is 20.8 Å². The van der Waals surface area contributed by atoms with Crippen LogP contribution in [0.2, 0.25) is 0 Å². The number of aromatic nitrogens is 2. The summed E-state index contributed by atoms with van der Waals surface area (Å²) < 4.78 is 1.83. The average Bonchev–Trinajstić information content (AvgIpc) is 2.50. The highest BCUT2D eigenvalue weighted by atomic mass is 16.2. The number of amides is 1. The summed E-state index contributed by atoms with van der Waals surface area (Å²) in [4.78, 5) is 15.7. The summed E-state index contributed by atoms with van der Waals surface area (Å²) in [5.74, 6) is 0.675. The largest absolute Gasteiger partial charge is 0.352 e. The quantitative estimate of drug-likeness (QED) is 0.770. The summed E-state index contributed by atoms with van der Waals surface area (Å²) in [6, 6.07) is -0.128. The van der Waals surface area contributed by atoms with E-state index in [9.17, 15) is 4.79 Å². The van der Waals surface area contributed by atoms with Gasteiger partial charge in [-0.2, -0.15) is 0 Å². The van der Waals surface area contributed by atoms with Crippen LogP contribution in [0.5, 0.6) is 0 Å². The molecule has 0 saturated heterocycles. The molecule has 1 aromatic heterocycles. The number of nitrogens with zero attached hydrogens (tertiary/aromatic N) is 2. The number of carbonyl (C=O) groups excluding carboxylic acids is 1. The highest BCUT2D eigenvalue weighted by molar-refractivity contribution is 5.83. The fourth-order valence-electron chi connectivity index (χ4n) is 1.17. The molecule has 1 amide bonds. The summed E-state index contributed by atoms with van der Waals surface area (Å²) in [6.07, 6.45) is 3.52. The Kier molecular flexibility index (Phi) is 3.71. The maximum Gasteiger partial charge on any atom is 0.242 e. The third kappa shape index (κ3) is 3.27. The zero-order chi connectivity index (χ0) is 11.4. The van der Waals surface area contributed by atoms with Gasteiger partial charge in [-0.15, -0.1) is 0 Å². The molecule has 1 atom stereocenters.